The summed E-state index contributed by atoms with van der Waals surface area (Å²) >= 11 is 1.51. The molecule has 0 radical (unpaired) electrons. The number of rotatable bonds is 7. The molecule has 0 saturated carbocycles. The predicted molar refractivity (Wildman–Crippen MR) is 153 cm³/mol. The predicted octanol–water partition coefficient (Wildman–Crippen LogP) is 4.28. The Hall–Kier alpha value is -3.20. The third kappa shape index (κ3) is 5.04. The van der Waals surface area contributed by atoms with Crippen molar-refractivity contribution in [1.29, 1.82) is 5.26 Å². The van der Waals surface area contributed by atoms with Crippen LogP contribution in [0.1, 0.15) is 74.1 Å². The summed E-state index contributed by atoms with van der Waals surface area (Å²) in [4.78, 5) is 13.0. The Balaban J connectivity index is 1.33. The molecule has 0 unspecified atom stereocenters. The van der Waals surface area contributed by atoms with E-state index in [1.807, 2.05) is 6.07 Å². The fourth-order valence-electron chi connectivity index (χ4n) is 6.50. The van der Waals surface area contributed by atoms with E-state index in [1.165, 1.54) is 17.8 Å². The standard InChI is InChI=1S/C29H37N7O3S/c1-17(21-6-5-13-36(21)3)37-24-15-25(38-18-8-11-32-12-9-18)34-28(33-24)20-14-23(39-35-20)29(2)10-4-7-22-26(29)19(16-30)27(31)40-22/h14-15,17-18,21,32H,4-13,31H2,1-3H3/t17-,21-,29+/m0/s1. The van der Waals surface area contributed by atoms with Gasteiger partial charge in [-0.15, -0.1) is 11.3 Å². The van der Waals surface area contributed by atoms with Crippen molar-refractivity contribution in [2.24, 2.45) is 0 Å². The van der Waals surface area contributed by atoms with Gasteiger partial charge in [-0.25, -0.2) is 0 Å². The smallest absolute Gasteiger partial charge is 0.221 e. The zero-order valence-corrected chi connectivity index (χ0v) is 24.2. The molecule has 3 aromatic heterocycles. The van der Waals surface area contributed by atoms with Gasteiger partial charge in [-0.2, -0.15) is 15.2 Å². The molecule has 2 saturated heterocycles. The number of ether oxygens (including phenoxy) is 2. The highest BCUT2D eigenvalue weighted by molar-refractivity contribution is 7.16. The Morgan fingerprint density at radius 3 is 2.77 bits per heavy atom. The summed E-state index contributed by atoms with van der Waals surface area (Å²) in [6.45, 7) is 7.11. The van der Waals surface area contributed by atoms with Gasteiger partial charge >= 0.3 is 0 Å². The van der Waals surface area contributed by atoms with E-state index < -0.39 is 5.41 Å². The van der Waals surface area contributed by atoms with Gasteiger partial charge in [0.15, 0.2) is 11.5 Å². The number of nitrogen functional groups attached to an aromatic ring is 1. The van der Waals surface area contributed by atoms with Crippen molar-refractivity contribution < 1.29 is 14.0 Å². The van der Waals surface area contributed by atoms with Crippen LogP contribution >= 0.6 is 11.3 Å². The summed E-state index contributed by atoms with van der Waals surface area (Å²) < 4.78 is 18.7. The van der Waals surface area contributed by atoms with Gasteiger partial charge in [-0.05, 0) is 91.0 Å². The van der Waals surface area contributed by atoms with Crippen LogP contribution in [0.15, 0.2) is 16.7 Å². The lowest BCUT2D eigenvalue weighted by Crippen LogP contribution is -2.38. The molecule has 3 atom stereocenters. The van der Waals surface area contributed by atoms with E-state index in [1.54, 1.807) is 6.07 Å². The number of nitrogens with two attached hydrogens (primary N) is 1. The number of aryl methyl sites for hydroxylation is 1. The summed E-state index contributed by atoms with van der Waals surface area (Å²) in [6.07, 6.45) is 6.86. The van der Waals surface area contributed by atoms with Crippen molar-refractivity contribution in [3.05, 3.63) is 33.9 Å². The molecule has 6 rings (SSSR count). The number of nitrogens with one attached hydrogen (secondary N) is 1. The molecule has 10 nitrogen and oxygen atoms in total. The number of nitriles is 1. The summed E-state index contributed by atoms with van der Waals surface area (Å²) in [5.74, 6) is 2.02. The van der Waals surface area contributed by atoms with E-state index in [-0.39, 0.29) is 12.2 Å². The molecule has 0 aromatic carbocycles. The second kappa shape index (κ2) is 11.0. The van der Waals surface area contributed by atoms with Crippen LogP contribution in [-0.2, 0) is 11.8 Å². The molecular formula is C29H37N7O3S. The Bertz CT molecular complexity index is 1410. The largest absolute Gasteiger partial charge is 0.474 e. The zero-order chi connectivity index (χ0) is 27.9. The molecule has 3 aromatic rings. The van der Waals surface area contributed by atoms with E-state index in [0.717, 1.165) is 68.6 Å². The number of likely N-dealkylation sites (tertiary alicyclic amines) is 1. The van der Waals surface area contributed by atoms with Crippen molar-refractivity contribution in [3.8, 4) is 29.3 Å². The van der Waals surface area contributed by atoms with Crippen molar-refractivity contribution in [2.45, 2.75) is 82.5 Å². The molecular weight excluding hydrogens is 526 g/mol. The first-order valence-corrected chi connectivity index (χ1v) is 15.1. The highest BCUT2D eigenvalue weighted by Gasteiger charge is 2.42. The van der Waals surface area contributed by atoms with Crippen molar-refractivity contribution in [2.75, 3.05) is 32.4 Å². The molecule has 212 valence electrons. The van der Waals surface area contributed by atoms with Crippen LogP contribution < -0.4 is 20.5 Å². The number of fused-ring (bicyclic) bond motifs is 1. The summed E-state index contributed by atoms with van der Waals surface area (Å²) in [5, 5.41) is 18.2. The van der Waals surface area contributed by atoms with Crippen LogP contribution in [0.25, 0.3) is 11.5 Å². The molecule has 11 heteroatoms. The highest BCUT2D eigenvalue weighted by Crippen LogP contribution is 2.49. The number of piperidine rings is 1. The van der Waals surface area contributed by atoms with Gasteiger partial charge in [0, 0.05) is 17.0 Å². The average molecular weight is 564 g/mol. The SMILES string of the molecule is C[C@H](Oc1cc(OC2CCNCC2)nc(-c2cc([C@@]3(C)CCCc4sc(N)c(C#N)c43)on2)n1)[C@@H]1CCCN1C. The number of aromatic nitrogens is 3. The minimum atomic E-state index is -0.512. The molecule has 5 heterocycles. The Morgan fingerprint density at radius 1 is 1.23 bits per heavy atom. The number of thiophene rings is 1. The molecule has 2 aliphatic heterocycles. The maximum absolute atomic E-state index is 9.86. The van der Waals surface area contributed by atoms with Crippen LogP contribution in [0.4, 0.5) is 5.00 Å². The lowest BCUT2D eigenvalue weighted by atomic mass is 9.71. The number of hydrogen-bond acceptors (Lipinski definition) is 11. The Morgan fingerprint density at radius 2 is 2.02 bits per heavy atom. The van der Waals surface area contributed by atoms with Crippen molar-refractivity contribution in [1.82, 2.24) is 25.3 Å². The van der Waals surface area contributed by atoms with Gasteiger partial charge in [-0.1, -0.05) is 5.16 Å². The molecule has 0 spiro atoms. The Labute approximate surface area is 238 Å². The maximum atomic E-state index is 9.86. The van der Waals surface area contributed by atoms with Crippen LogP contribution in [0.2, 0.25) is 0 Å². The lowest BCUT2D eigenvalue weighted by Gasteiger charge is -2.31. The monoisotopic (exact) mass is 563 g/mol. The van der Waals surface area contributed by atoms with Crippen LogP contribution in [-0.4, -0.2) is 65.0 Å². The second-order valence-corrected chi connectivity index (χ2v) is 12.6. The minimum Gasteiger partial charge on any atom is -0.474 e. The van der Waals surface area contributed by atoms with Crippen LogP contribution in [0.3, 0.4) is 0 Å². The summed E-state index contributed by atoms with van der Waals surface area (Å²) in [6, 6.07) is 6.34. The van der Waals surface area contributed by atoms with Crippen LogP contribution in [0.5, 0.6) is 11.8 Å². The highest BCUT2D eigenvalue weighted by atomic mass is 32.1. The number of hydrogen-bond donors (Lipinski definition) is 2. The van der Waals surface area contributed by atoms with E-state index >= 15 is 0 Å². The summed E-state index contributed by atoms with van der Waals surface area (Å²) in [7, 11) is 2.14. The normalized spacial score (nSPS) is 24.4. The van der Waals surface area contributed by atoms with Crippen LogP contribution in [0, 0.1) is 11.3 Å². The van der Waals surface area contributed by atoms with Gasteiger partial charge in [0.25, 0.3) is 0 Å². The Kier molecular flexibility index (Phi) is 7.42. The fraction of sp³-hybridized carbons (Fsp3) is 0.586. The zero-order valence-electron chi connectivity index (χ0n) is 23.4. The minimum absolute atomic E-state index is 0.0390. The van der Waals surface area contributed by atoms with Crippen molar-refractivity contribution >= 4 is 16.3 Å². The molecule has 0 amide bonds. The van der Waals surface area contributed by atoms with Gasteiger partial charge in [0.1, 0.15) is 29.0 Å². The first-order valence-electron chi connectivity index (χ1n) is 14.3. The molecule has 2 fully saturated rings. The second-order valence-electron chi connectivity index (χ2n) is 11.5. The lowest BCUT2D eigenvalue weighted by molar-refractivity contribution is 0.115. The molecule has 1 aliphatic carbocycles. The third-order valence-corrected chi connectivity index (χ3v) is 9.79. The van der Waals surface area contributed by atoms with E-state index in [2.05, 4.69) is 42.3 Å². The molecule has 0 bridgehead atoms. The maximum Gasteiger partial charge on any atom is 0.221 e. The molecule has 3 N–H and O–H groups in total. The van der Waals surface area contributed by atoms with E-state index in [0.29, 0.717) is 45.6 Å². The van der Waals surface area contributed by atoms with Crippen molar-refractivity contribution in [3.63, 3.8) is 0 Å². The molecule has 40 heavy (non-hydrogen) atoms. The first-order chi connectivity index (χ1) is 19.4. The van der Waals surface area contributed by atoms with Gasteiger partial charge in [-0.3, -0.25) is 4.90 Å². The van der Waals surface area contributed by atoms with E-state index in [9.17, 15) is 5.26 Å². The van der Waals surface area contributed by atoms with E-state index in [4.69, 9.17) is 29.7 Å². The number of anilines is 1. The average Bonchev–Trinajstić information content (AvgIpc) is 3.68. The third-order valence-electron chi connectivity index (χ3n) is 8.71. The summed E-state index contributed by atoms with van der Waals surface area (Å²) in [5.41, 5.74) is 7.74. The topological polar surface area (TPSA) is 135 Å². The van der Waals surface area contributed by atoms with Gasteiger partial charge in [0.2, 0.25) is 11.8 Å². The van der Waals surface area contributed by atoms with Gasteiger partial charge < -0.3 is 25.0 Å². The fourth-order valence-corrected chi connectivity index (χ4v) is 7.69. The number of likely N-dealkylation sites (N-methyl/N-ethyl adjacent to an activating group) is 1. The quantitative estimate of drug-likeness (QED) is 0.429. The number of nitrogens with zero attached hydrogens (tertiary/aromatic N) is 5. The first kappa shape index (κ1) is 27.0. The van der Waals surface area contributed by atoms with Gasteiger partial charge in [0.05, 0.1) is 17.0 Å². The molecule has 3 aliphatic rings.